The highest BCUT2D eigenvalue weighted by Crippen LogP contribution is 2.25. The quantitative estimate of drug-likeness (QED) is 0.717. The van der Waals surface area contributed by atoms with Gasteiger partial charge in [-0.05, 0) is 33.2 Å². The summed E-state index contributed by atoms with van der Waals surface area (Å²) < 4.78 is 26.8. The maximum atomic E-state index is 12.7. The van der Waals surface area contributed by atoms with Gasteiger partial charge in [0, 0.05) is 24.7 Å². The van der Waals surface area contributed by atoms with Crippen LogP contribution in [0.15, 0.2) is 11.2 Å². The van der Waals surface area contributed by atoms with E-state index in [2.05, 4.69) is 22.4 Å². The van der Waals surface area contributed by atoms with Crippen molar-refractivity contribution in [3.8, 4) is 0 Å². The van der Waals surface area contributed by atoms with Crippen molar-refractivity contribution < 1.29 is 8.42 Å². The average molecular weight is 302 g/mol. The Morgan fingerprint density at radius 1 is 1.40 bits per heavy atom. The Morgan fingerprint density at radius 2 is 2.05 bits per heavy atom. The van der Waals surface area contributed by atoms with E-state index in [1.807, 2.05) is 20.8 Å². The monoisotopic (exact) mass is 302 g/mol. The Hall–Kier alpha value is -0.920. The van der Waals surface area contributed by atoms with Crippen molar-refractivity contribution in [3.05, 3.63) is 11.8 Å². The fourth-order valence-electron chi connectivity index (χ4n) is 1.73. The fraction of sp³-hybridized carbons (Fsp3) is 0.769. The van der Waals surface area contributed by atoms with Crippen LogP contribution in [0, 0.1) is 0 Å². The number of hydrogen-bond acceptors (Lipinski definition) is 4. The molecule has 0 saturated carbocycles. The van der Waals surface area contributed by atoms with Gasteiger partial charge in [-0.25, -0.2) is 8.42 Å². The molecule has 0 atom stereocenters. The highest BCUT2D eigenvalue weighted by atomic mass is 32.2. The number of aromatic nitrogens is 2. The van der Waals surface area contributed by atoms with Gasteiger partial charge >= 0.3 is 0 Å². The first-order valence-corrected chi connectivity index (χ1v) is 8.43. The van der Waals surface area contributed by atoms with Gasteiger partial charge in [0.25, 0.3) is 10.0 Å². The summed E-state index contributed by atoms with van der Waals surface area (Å²) in [5, 5.41) is 9.90. The van der Waals surface area contributed by atoms with Gasteiger partial charge in [0.1, 0.15) is 0 Å². The number of hydrogen-bond donors (Lipinski definition) is 2. The number of nitrogens with zero attached hydrogens (tertiary/aromatic N) is 2. The molecule has 20 heavy (non-hydrogen) atoms. The highest BCUT2D eigenvalue weighted by molar-refractivity contribution is 7.89. The first kappa shape index (κ1) is 17.1. The number of aromatic amines is 1. The van der Waals surface area contributed by atoms with Crippen LogP contribution in [-0.2, 0) is 16.6 Å². The van der Waals surface area contributed by atoms with Gasteiger partial charge in [0.05, 0.1) is 6.20 Å². The molecule has 0 aliphatic carbocycles. The van der Waals surface area contributed by atoms with Crippen LogP contribution in [0.2, 0.25) is 0 Å². The van der Waals surface area contributed by atoms with Crippen molar-refractivity contribution in [1.82, 2.24) is 19.8 Å². The molecule has 0 radical (unpaired) electrons. The topological polar surface area (TPSA) is 78.1 Å². The van der Waals surface area contributed by atoms with Gasteiger partial charge in [-0.15, -0.1) is 0 Å². The van der Waals surface area contributed by atoms with Crippen LogP contribution in [0.1, 0.15) is 46.1 Å². The lowest BCUT2D eigenvalue weighted by molar-refractivity contribution is 0.256. The van der Waals surface area contributed by atoms with E-state index < -0.39 is 15.6 Å². The van der Waals surface area contributed by atoms with E-state index in [1.54, 1.807) is 13.2 Å². The van der Waals surface area contributed by atoms with Gasteiger partial charge in [0.15, 0.2) is 5.03 Å². The molecule has 7 heteroatoms. The molecule has 0 fully saturated rings. The molecule has 0 unspecified atom stereocenters. The van der Waals surface area contributed by atoms with Gasteiger partial charge in [-0.2, -0.15) is 9.40 Å². The summed E-state index contributed by atoms with van der Waals surface area (Å²) in [5.74, 6) is 0. The minimum absolute atomic E-state index is 0.185. The Bertz CT molecular complexity index is 522. The Kier molecular flexibility index (Phi) is 5.73. The Balaban J connectivity index is 3.02. The number of rotatable bonds is 8. The first-order valence-electron chi connectivity index (χ1n) is 6.99. The molecule has 0 bridgehead atoms. The second-order valence-electron chi connectivity index (χ2n) is 5.54. The summed E-state index contributed by atoms with van der Waals surface area (Å²) in [6, 6.07) is 0. The van der Waals surface area contributed by atoms with Crippen molar-refractivity contribution >= 4 is 10.0 Å². The molecule has 116 valence electrons. The lowest BCUT2D eigenvalue weighted by Crippen LogP contribution is -2.44. The van der Waals surface area contributed by atoms with E-state index in [4.69, 9.17) is 0 Å². The summed E-state index contributed by atoms with van der Waals surface area (Å²) in [5.41, 5.74) is 0.245. The fourth-order valence-corrected chi connectivity index (χ4v) is 3.41. The molecule has 0 saturated heterocycles. The van der Waals surface area contributed by atoms with Crippen LogP contribution in [0.5, 0.6) is 0 Å². The van der Waals surface area contributed by atoms with Crippen molar-refractivity contribution in [1.29, 1.82) is 0 Å². The third-order valence-corrected chi connectivity index (χ3v) is 5.84. The summed E-state index contributed by atoms with van der Waals surface area (Å²) in [7, 11) is -1.94. The molecule has 6 nitrogen and oxygen atoms in total. The summed E-state index contributed by atoms with van der Waals surface area (Å²) >= 11 is 0. The van der Waals surface area contributed by atoms with Crippen LogP contribution < -0.4 is 5.32 Å². The molecule has 1 aromatic rings. The molecule has 0 aliphatic rings. The second-order valence-corrected chi connectivity index (χ2v) is 7.45. The average Bonchev–Trinajstić information content (AvgIpc) is 2.87. The van der Waals surface area contributed by atoms with E-state index in [0.29, 0.717) is 12.1 Å². The number of nitrogens with one attached hydrogen (secondary N) is 2. The molecule has 0 aliphatic heterocycles. The Labute approximate surface area is 122 Å². The zero-order valence-electron chi connectivity index (χ0n) is 13.0. The normalized spacial score (nSPS) is 13.1. The zero-order valence-corrected chi connectivity index (χ0v) is 13.8. The molecule has 1 heterocycles. The third kappa shape index (κ3) is 3.59. The van der Waals surface area contributed by atoms with Crippen molar-refractivity contribution in [2.75, 3.05) is 13.6 Å². The number of H-pyrrole nitrogens is 1. The van der Waals surface area contributed by atoms with Crippen LogP contribution in [0.3, 0.4) is 0 Å². The van der Waals surface area contributed by atoms with Crippen LogP contribution in [-0.4, -0.2) is 42.1 Å². The minimum atomic E-state index is -3.56. The van der Waals surface area contributed by atoms with E-state index in [-0.39, 0.29) is 5.03 Å². The van der Waals surface area contributed by atoms with E-state index in [1.165, 1.54) is 4.31 Å². The molecule has 1 rings (SSSR count). The van der Waals surface area contributed by atoms with E-state index in [0.717, 1.165) is 19.4 Å². The number of sulfonamides is 1. The lowest BCUT2D eigenvalue weighted by atomic mass is 10.0. The first-order chi connectivity index (χ1) is 9.27. The summed E-state index contributed by atoms with van der Waals surface area (Å²) in [4.78, 5) is 0. The maximum absolute atomic E-state index is 12.7. The molecule has 0 amide bonds. The molecule has 0 aromatic carbocycles. The van der Waals surface area contributed by atoms with E-state index in [9.17, 15) is 8.42 Å². The van der Waals surface area contributed by atoms with Crippen molar-refractivity contribution in [2.24, 2.45) is 0 Å². The summed E-state index contributed by atoms with van der Waals surface area (Å²) in [6.45, 7) is 9.21. The molecule has 2 N–H and O–H groups in total. The largest absolute Gasteiger partial charge is 0.313 e. The standard InChI is InChI=1S/C13H26N4O2S/c1-6-8-14-9-11-10-15-16-12(11)20(18,19)17(5)13(3,4)7-2/h10,14H,6-9H2,1-5H3,(H,15,16). The molecule has 0 spiro atoms. The van der Waals surface area contributed by atoms with E-state index >= 15 is 0 Å². The Morgan fingerprint density at radius 3 is 2.60 bits per heavy atom. The van der Waals surface area contributed by atoms with Crippen LogP contribution in [0.4, 0.5) is 0 Å². The van der Waals surface area contributed by atoms with Crippen molar-refractivity contribution in [2.45, 2.75) is 57.6 Å². The van der Waals surface area contributed by atoms with Crippen molar-refractivity contribution in [3.63, 3.8) is 0 Å². The molecular formula is C13H26N4O2S. The zero-order chi connectivity index (χ0) is 15.4. The second kappa shape index (κ2) is 6.69. The lowest BCUT2D eigenvalue weighted by Gasteiger charge is -2.33. The molecular weight excluding hydrogens is 276 g/mol. The van der Waals surface area contributed by atoms with Crippen LogP contribution >= 0.6 is 0 Å². The minimum Gasteiger partial charge on any atom is -0.313 e. The van der Waals surface area contributed by atoms with Gasteiger partial charge < -0.3 is 5.32 Å². The third-order valence-electron chi connectivity index (χ3n) is 3.76. The predicted molar refractivity (Wildman–Crippen MR) is 79.9 cm³/mol. The maximum Gasteiger partial charge on any atom is 0.260 e. The van der Waals surface area contributed by atoms with Gasteiger partial charge in [0.2, 0.25) is 0 Å². The van der Waals surface area contributed by atoms with Gasteiger partial charge in [-0.1, -0.05) is 13.8 Å². The molecule has 1 aromatic heterocycles. The highest BCUT2D eigenvalue weighted by Gasteiger charge is 2.34. The van der Waals surface area contributed by atoms with Crippen LogP contribution in [0.25, 0.3) is 0 Å². The predicted octanol–water partition coefficient (Wildman–Crippen LogP) is 1.72. The smallest absolute Gasteiger partial charge is 0.260 e. The SMILES string of the molecule is CCCNCc1cn[nH]c1S(=O)(=O)N(C)C(C)(C)CC. The summed E-state index contributed by atoms with van der Waals surface area (Å²) in [6.07, 6.45) is 3.31. The van der Waals surface area contributed by atoms with Gasteiger partial charge in [-0.3, -0.25) is 5.10 Å².